The average molecular weight is 967 g/mol. The summed E-state index contributed by atoms with van der Waals surface area (Å²) in [7, 11) is 0. The average Bonchev–Trinajstić information content (AvgIpc) is 3.76. The Hall–Kier alpha value is -5.82. The lowest BCUT2D eigenvalue weighted by atomic mass is 9.96. The van der Waals surface area contributed by atoms with Crippen LogP contribution < -0.4 is 10.9 Å². The fourth-order valence-electron chi connectivity index (χ4n) is 8.84. The molecule has 8 rings (SSSR count). The summed E-state index contributed by atoms with van der Waals surface area (Å²) in [6.45, 7) is 11.5. The highest BCUT2D eigenvalue weighted by Crippen LogP contribution is 2.31. The second kappa shape index (κ2) is 23.0. The van der Waals surface area contributed by atoms with Crippen LogP contribution in [0.4, 0.5) is 4.39 Å². The van der Waals surface area contributed by atoms with E-state index in [0.717, 1.165) is 92.1 Å². The van der Waals surface area contributed by atoms with Crippen molar-refractivity contribution in [1.29, 1.82) is 0 Å². The highest BCUT2D eigenvalue weighted by Gasteiger charge is 2.30. The lowest BCUT2D eigenvalue weighted by Gasteiger charge is -2.39. The Labute approximate surface area is 401 Å². The van der Waals surface area contributed by atoms with Gasteiger partial charge < -0.3 is 29.9 Å². The molecule has 0 aliphatic carbocycles. The third-order valence-corrected chi connectivity index (χ3v) is 14.5. The van der Waals surface area contributed by atoms with Gasteiger partial charge in [0.2, 0.25) is 11.8 Å². The number of amides is 3. The van der Waals surface area contributed by atoms with E-state index in [-0.39, 0.29) is 41.8 Å². The zero-order chi connectivity index (χ0) is 47.6. The van der Waals surface area contributed by atoms with Gasteiger partial charge in [-0.2, -0.15) is 5.10 Å². The summed E-state index contributed by atoms with van der Waals surface area (Å²) in [4.78, 5) is 83.4. The van der Waals surface area contributed by atoms with Gasteiger partial charge in [-0.3, -0.25) is 33.8 Å². The first-order valence-corrected chi connectivity index (χ1v) is 24.7. The van der Waals surface area contributed by atoms with Gasteiger partial charge in [-0.15, -0.1) is 11.3 Å². The summed E-state index contributed by atoms with van der Waals surface area (Å²) >= 11 is 2.55. The van der Waals surface area contributed by atoms with E-state index in [1.165, 1.54) is 17.4 Å². The van der Waals surface area contributed by atoms with Gasteiger partial charge in [0.05, 0.1) is 47.0 Å². The number of aliphatic carboxylic acids is 1. The Morgan fingerprint density at radius 3 is 2.41 bits per heavy atom. The number of rotatable bonds is 16. The minimum Gasteiger partial charge on any atom is -0.481 e. The Morgan fingerprint density at radius 1 is 0.912 bits per heavy atom. The number of aromatic amines is 1. The van der Waals surface area contributed by atoms with E-state index in [2.05, 4.69) is 52.0 Å². The number of thioether (sulfide) groups is 1. The zero-order valence-corrected chi connectivity index (χ0v) is 39.6. The number of carboxylic acids is 1. The summed E-state index contributed by atoms with van der Waals surface area (Å²) in [6, 6.07) is 13.5. The number of H-pyrrole nitrogens is 1. The van der Waals surface area contributed by atoms with Gasteiger partial charge in [0.15, 0.2) is 0 Å². The van der Waals surface area contributed by atoms with Crippen LogP contribution in [0, 0.1) is 30.5 Å². The first-order valence-electron chi connectivity index (χ1n) is 22.9. The number of carbonyl (C=O) groups excluding carboxylic acids is 3. The normalized spacial score (nSPS) is 16.5. The van der Waals surface area contributed by atoms with Gasteiger partial charge in [0, 0.05) is 82.6 Å². The number of carbonyl (C=O) groups is 4. The Balaban J connectivity index is 0.675. The van der Waals surface area contributed by atoms with Crippen molar-refractivity contribution < 1.29 is 33.4 Å². The zero-order valence-electron chi connectivity index (χ0n) is 38.0. The number of piperidine rings is 1. The Bertz CT molecular complexity index is 2750. The van der Waals surface area contributed by atoms with Crippen molar-refractivity contribution in [3.63, 3.8) is 0 Å². The SMILES string of the molecule is Cc1nc(SCC(=O)O)c2cc(C#CCNC(=O)COCCN3CCN(CC4CCN(CC(=O)N5CCN(C(=O)c6cc(Cc7n[nH]c(=O)c8ccccc78)ccc6F)CC5)CC4)CC3)sc2n1. The molecule has 3 fully saturated rings. The summed E-state index contributed by atoms with van der Waals surface area (Å²) in [6.07, 6.45) is 2.38. The van der Waals surface area contributed by atoms with E-state index in [1.54, 1.807) is 36.1 Å². The van der Waals surface area contributed by atoms with Gasteiger partial charge in [-0.1, -0.05) is 47.9 Å². The van der Waals surface area contributed by atoms with Gasteiger partial charge in [-0.05, 0) is 68.6 Å². The van der Waals surface area contributed by atoms with Gasteiger partial charge >= 0.3 is 5.97 Å². The molecule has 6 heterocycles. The molecule has 2 aromatic carbocycles. The largest absolute Gasteiger partial charge is 0.481 e. The number of nitrogens with zero attached hydrogens (tertiary/aromatic N) is 8. The van der Waals surface area contributed by atoms with Crippen LogP contribution >= 0.6 is 23.1 Å². The van der Waals surface area contributed by atoms with E-state index in [4.69, 9.17) is 9.84 Å². The maximum atomic E-state index is 15.0. The summed E-state index contributed by atoms with van der Waals surface area (Å²) in [5, 5.41) is 21.2. The molecule has 3 amide bonds. The number of hydrogen-bond acceptors (Lipinski definition) is 14. The monoisotopic (exact) mass is 966 g/mol. The molecular weight excluding hydrogens is 912 g/mol. The van der Waals surface area contributed by atoms with Gasteiger partial charge in [0.25, 0.3) is 11.5 Å². The van der Waals surface area contributed by atoms with Gasteiger partial charge in [0.1, 0.15) is 28.1 Å². The molecule has 68 heavy (non-hydrogen) atoms. The molecule has 3 aromatic heterocycles. The number of fused-ring (bicyclic) bond motifs is 2. The van der Waals surface area contributed by atoms with Crippen molar-refractivity contribution in [2.75, 3.05) is 111 Å². The molecule has 0 atom stereocenters. The molecule has 5 aromatic rings. The molecule has 3 N–H and O–H groups in total. The van der Waals surface area contributed by atoms with Crippen molar-refractivity contribution in [1.82, 2.24) is 50.0 Å². The van der Waals surface area contributed by atoms with Crippen LogP contribution in [-0.2, 0) is 25.5 Å². The topological polar surface area (TPSA) is 197 Å². The highest BCUT2D eigenvalue weighted by atomic mass is 32.2. The van der Waals surface area contributed by atoms with E-state index in [0.29, 0.717) is 84.5 Å². The number of thiophene rings is 1. The van der Waals surface area contributed by atoms with Crippen LogP contribution in [0.5, 0.6) is 0 Å². The van der Waals surface area contributed by atoms with E-state index in [9.17, 15) is 24.0 Å². The van der Waals surface area contributed by atoms with Crippen LogP contribution in [0.2, 0.25) is 0 Å². The van der Waals surface area contributed by atoms with Crippen molar-refractivity contribution in [2.24, 2.45) is 5.92 Å². The number of ether oxygens (including phenoxy) is 1. The predicted molar refractivity (Wildman–Crippen MR) is 257 cm³/mol. The Kier molecular flexibility index (Phi) is 16.4. The fourth-order valence-corrected chi connectivity index (χ4v) is 10.6. The minimum absolute atomic E-state index is 0.0187. The molecule has 0 unspecified atom stereocenters. The fraction of sp³-hybridized carbons (Fsp3) is 0.458. The summed E-state index contributed by atoms with van der Waals surface area (Å²) in [5.74, 6) is 4.95. The number of halogens is 1. The van der Waals surface area contributed by atoms with Crippen LogP contribution in [-0.4, -0.2) is 184 Å². The predicted octanol–water partition coefficient (Wildman–Crippen LogP) is 2.94. The van der Waals surface area contributed by atoms with Crippen molar-refractivity contribution in [3.8, 4) is 11.8 Å². The molecule has 0 spiro atoms. The number of hydrogen-bond donors (Lipinski definition) is 3. The van der Waals surface area contributed by atoms with Crippen LogP contribution in [0.3, 0.4) is 0 Å². The molecule has 17 nitrogen and oxygen atoms in total. The molecule has 0 saturated carbocycles. The summed E-state index contributed by atoms with van der Waals surface area (Å²) in [5.41, 5.74) is 1.02. The van der Waals surface area contributed by atoms with Crippen LogP contribution in [0.1, 0.15) is 45.2 Å². The molecule has 3 saturated heterocycles. The molecule has 3 aliphatic rings. The number of nitrogens with one attached hydrogen (secondary N) is 2. The van der Waals surface area contributed by atoms with Crippen LogP contribution in [0.15, 0.2) is 58.4 Å². The number of aromatic nitrogens is 4. The molecule has 0 bridgehead atoms. The molecule has 3 aliphatic heterocycles. The number of piperazine rings is 2. The number of aryl methyl sites for hydroxylation is 1. The van der Waals surface area contributed by atoms with Gasteiger partial charge in [-0.25, -0.2) is 19.5 Å². The Morgan fingerprint density at radius 2 is 1.65 bits per heavy atom. The second-order valence-electron chi connectivity index (χ2n) is 17.3. The maximum absolute atomic E-state index is 15.0. The molecule has 0 radical (unpaired) electrons. The minimum atomic E-state index is -0.915. The number of benzene rings is 2. The van der Waals surface area contributed by atoms with E-state index >= 15 is 4.39 Å². The quantitative estimate of drug-likeness (QED) is 0.0565. The smallest absolute Gasteiger partial charge is 0.313 e. The standard InChI is InChI=1S/C48H55FN10O7S2/c1-32-51-46(67-31-44(62)63)39-27-35(68-47(39)52-32)5-4-12-50-42(60)30-66-24-23-55-15-17-57(18-16-55)28-33-10-13-56(14-11-33)29-43(61)58-19-21-59(22-20-58)48(65)38-25-34(8-9-40(38)49)26-41-36-6-2-3-7-37(36)45(64)54-53-41/h2-3,6-9,25,27,33H,10-24,26,28-31H2,1H3,(H,50,60)(H,54,64)(H,62,63). The lowest BCUT2D eigenvalue weighted by Crippen LogP contribution is -2.53. The third-order valence-electron chi connectivity index (χ3n) is 12.5. The first-order chi connectivity index (χ1) is 32.9. The molecule has 20 heteroatoms. The number of carboxylic acid groups (broad SMARTS) is 1. The molecule has 358 valence electrons. The lowest BCUT2D eigenvalue weighted by molar-refractivity contribution is -0.135. The van der Waals surface area contributed by atoms with Crippen molar-refractivity contribution >= 4 is 67.8 Å². The van der Waals surface area contributed by atoms with Crippen LogP contribution in [0.25, 0.3) is 21.0 Å². The van der Waals surface area contributed by atoms with E-state index in [1.807, 2.05) is 23.1 Å². The maximum Gasteiger partial charge on any atom is 0.313 e. The number of likely N-dealkylation sites (tertiary alicyclic amines) is 1. The van der Waals surface area contributed by atoms with Crippen molar-refractivity contribution in [2.45, 2.75) is 31.2 Å². The highest BCUT2D eigenvalue weighted by molar-refractivity contribution is 8.00. The summed E-state index contributed by atoms with van der Waals surface area (Å²) < 4.78 is 20.7. The van der Waals surface area contributed by atoms with Crippen molar-refractivity contribution in [3.05, 3.63) is 92.2 Å². The second-order valence-corrected chi connectivity index (χ2v) is 19.3. The third kappa shape index (κ3) is 12.8. The first kappa shape index (κ1) is 48.6. The molecular formula is C48H55FN10O7S2. The van der Waals surface area contributed by atoms with E-state index < -0.39 is 17.7 Å².